The van der Waals surface area contributed by atoms with Crippen molar-refractivity contribution < 1.29 is 26.8 Å². The van der Waals surface area contributed by atoms with Crippen LogP contribution >= 0.6 is 0 Å². The average Bonchev–Trinajstić information content (AvgIpc) is 3.06. The van der Waals surface area contributed by atoms with Crippen LogP contribution in [0.15, 0.2) is 60.3 Å². The lowest BCUT2D eigenvalue weighted by Gasteiger charge is -2.23. The van der Waals surface area contributed by atoms with Gasteiger partial charge in [0.2, 0.25) is 5.69 Å². The molecule has 0 saturated heterocycles. The minimum atomic E-state index is -0.397. The van der Waals surface area contributed by atoms with Crippen molar-refractivity contribution in [3.63, 3.8) is 0 Å². The normalized spacial score (nSPS) is 18.8. The second-order valence-electron chi connectivity index (χ2n) is 9.58. The van der Waals surface area contributed by atoms with E-state index < -0.39 is 10.8 Å². The zero-order valence-electron chi connectivity index (χ0n) is 20.0. The van der Waals surface area contributed by atoms with E-state index in [0.29, 0.717) is 0 Å². The Bertz CT molecular complexity index is 1310. The quantitative estimate of drug-likeness (QED) is 0.379. The van der Waals surface area contributed by atoms with Crippen molar-refractivity contribution in [3.8, 4) is 0 Å². The van der Waals surface area contributed by atoms with Crippen LogP contribution in [-0.2, 0) is 10.8 Å². The van der Waals surface area contributed by atoms with Crippen LogP contribution < -0.4 is 17.3 Å². The van der Waals surface area contributed by atoms with E-state index >= 15 is 0 Å². The fourth-order valence-electron chi connectivity index (χ4n) is 5.11. The minimum Gasteiger partial charge on any atom is -1.00 e. The Balaban J connectivity index is 0.00000324. The van der Waals surface area contributed by atoms with Gasteiger partial charge in [0.15, 0.2) is 5.71 Å². The lowest BCUT2D eigenvalue weighted by molar-refractivity contribution is -0.402. The fourth-order valence-corrected chi connectivity index (χ4v) is 5.11. The maximum atomic E-state index is 11.3. The van der Waals surface area contributed by atoms with Gasteiger partial charge < -0.3 is 17.3 Å². The lowest BCUT2D eigenvalue weighted by atomic mass is 9.81. The van der Waals surface area contributed by atoms with Crippen molar-refractivity contribution in [1.29, 1.82) is 0 Å². The summed E-state index contributed by atoms with van der Waals surface area (Å²) in [5.74, 6) is 0. The van der Waals surface area contributed by atoms with E-state index in [1.54, 1.807) is 24.3 Å². The summed E-state index contributed by atoms with van der Waals surface area (Å²) in [6.45, 7) is 8.25. The number of allylic oxidation sites excluding steroid dienone is 4. The largest absolute Gasteiger partial charge is 1.00 e. The summed E-state index contributed by atoms with van der Waals surface area (Å²) >= 11 is 0. The van der Waals surface area contributed by atoms with Crippen LogP contribution in [0.4, 0.5) is 22.7 Å². The smallest absolute Gasteiger partial charge is 0.270 e. The van der Waals surface area contributed by atoms with Gasteiger partial charge in [0, 0.05) is 65.8 Å². The van der Waals surface area contributed by atoms with Crippen LogP contribution in [0.5, 0.6) is 0 Å². The zero-order chi connectivity index (χ0) is 24.3. The maximum absolute atomic E-state index is 11.3. The molecule has 0 spiro atoms. The third-order valence-corrected chi connectivity index (χ3v) is 6.96. The van der Waals surface area contributed by atoms with E-state index in [-0.39, 0.29) is 33.6 Å². The lowest BCUT2D eigenvalue weighted by Crippen LogP contribution is -3.00. The molecule has 0 amide bonds. The van der Waals surface area contributed by atoms with Crippen molar-refractivity contribution in [3.05, 3.63) is 91.7 Å². The van der Waals surface area contributed by atoms with Crippen LogP contribution in [0.3, 0.4) is 0 Å². The SMILES string of the molecule is CN1/C(=C/C=C/C2=[N+](C)c3ccc([N+](=O)[O-])cc3C2(C)C)C(C)(C)c2cc([N+](=O)[O-])ccc21.[Cl-]. The summed E-state index contributed by atoms with van der Waals surface area (Å²) in [5.41, 5.74) is 5.19. The summed E-state index contributed by atoms with van der Waals surface area (Å²) < 4.78 is 2.07. The van der Waals surface area contributed by atoms with Crippen LogP contribution in [0.1, 0.15) is 38.8 Å². The van der Waals surface area contributed by atoms with Gasteiger partial charge in [0.25, 0.3) is 11.4 Å². The van der Waals surface area contributed by atoms with Crippen molar-refractivity contribution >= 4 is 28.5 Å². The van der Waals surface area contributed by atoms with E-state index in [4.69, 9.17) is 0 Å². The van der Waals surface area contributed by atoms with Gasteiger partial charge in [-0.1, -0.05) is 19.9 Å². The Morgan fingerprint density at radius 3 is 2.06 bits per heavy atom. The molecule has 34 heavy (non-hydrogen) atoms. The molecule has 178 valence electrons. The first kappa shape index (κ1) is 25.1. The van der Waals surface area contributed by atoms with Crippen LogP contribution in [0.25, 0.3) is 0 Å². The molecule has 9 heteroatoms. The fraction of sp³-hybridized carbons (Fsp3) is 0.320. The Morgan fingerprint density at radius 1 is 0.912 bits per heavy atom. The maximum Gasteiger partial charge on any atom is 0.270 e. The monoisotopic (exact) mass is 482 g/mol. The van der Waals surface area contributed by atoms with Gasteiger partial charge >= 0.3 is 0 Å². The number of fused-ring (bicyclic) bond motifs is 2. The number of nitro groups is 2. The van der Waals surface area contributed by atoms with E-state index in [1.165, 1.54) is 12.1 Å². The van der Waals surface area contributed by atoms with Gasteiger partial charge in [-0.3, -0.25) is 20.2 Å². The van der Waals surface area contributed by atoms with E-state index in [1.807, 2.05) is 32.3 Å². The third kappa shape index (κ3) is 3.68. The molecule has 2 aromatic carbocycles. The predicted molar refractivity (Wildman–Crippen MR) is 129 cm³/mol. The Kier molecular flexibility index (Phi) is 6.17. The number of benzene rings is 2. The standard InChI is InChI=1S/C25H27N4O4.ClH/c1-24(2)18-14-16(28(30)31)10-12-20(18)26(5)22(24)8-7-9-23-25(3,4)19-15-17(29(32)33)11-13-21(19)27(23)6;/h7-15H,1-6H3;1H/q+1;/p-1. The summed E-state index contributed by atoms with van der Waals surface area (Å²) in [7, 11) is 3.93. The number of likely N-dealkylation sites (N-methyl/N-ethyl adjacent to an activating group) is 1. The molecular formula is C25H27ClN4O4. The molecule has 0 aliphatic carbocycles. The third-order valence-electron chi connectivity index (χ3n) is 6.96. The van der Waals surface area contributed by atoms with Crippen molar-refractivity contribution in [2.45, 2.75) is 38.5 Å². The van der Waals surface area contributed by atoms with Crippen molar-refractivity contribution in [2.24, 2.45) is 0 Å². The molecule has 2 aliphatic heterocycles. The van der Waals surface area contributed by atoms with Gasteiger partial charge in [0.1, 0.15) is 7.05 Å². The molecule has 0 fully saturated rings. The molecular weight excluding hydrogens is 456 g/mol. The molecule has 0 radical (unpaired) electrons. The molecule has 2 heterocycles. The van der Waals surface area contributed by atoms with E-state index in [2.05, 4.69) is 37.2 Å². The first-order chi connectivity index (χ1) is 15.4. The second-order valence-corrected chi connectivity index (χ2v) is 9.58. The molecule has 2 aliphatic rings. The molecule has 0 atom stereocenters. The number of halogens is 1. The zero-order valence-corrected chi connectivity index (χ0v) is 20.8. The predicted octanol–water partition coefficient (Wildman–Crippen LogP) is 2.38. The average molecular weight is 483 g/mol. The Labute approximate surface area is 204 Å². The molecule has 0 unspecified atom stereocenters. The molecule has 2 aromatic rings. The first-order valence-electron chi connectivity index (χ1n) is 10.7. The molecule has 0 saturated carbocycles. The number of nitro benzene ring substituents is 2. The summed E-state index contributed by atoms with van der Waals surface area (Å²) in [5, 5.41) is 22.5. The number of hydrogen-bond acceptors (Lipinski definition) is 5. The first-order valence-corrected chi connectivity index (χ1v) is 10.7. The van der Waals surface area contributed by atoms with Gasteiger partial charge in [-0.2, -0.15) is 4.58 Å². The molecule has 0 N–H and O–H groups in total. The van der Waals surface area contributed by atoms with Crippen LogP contribution in [0.2, 0.25) is 0 Å². The number of rotatable bonds is 4. The highest BCUT2D eigenvalue weighted by atomic mass is 35.5. The summed E-state index contributed by atoms with van der Waals surface area (Å²) in [4.78, 5) is 23.8. The summed E-state index contributed by atoms with van der Waals surface area (Å²) in [6, 6.07) is 9.97. The van der Waals surface area contributed by atoms with Gasteiger partial charge in [-0.05, 0) is 31.6 Å². The topological polar surface area (TPSA) is 92.5 Å². The summed E-state index contributed by atoms with van der Waals surface area (Å²) in [6.07, 6.45) is 6.06. The number of nitrogens with zero attached hydrogens (tertiary/aromatic N) is 4. The molecule has 0 bridgehead atoms. The molecule has 8 nitrogen and oxygen atoms in total. The highest BCUT2D eigenvalue weighted by Crippen LogP contribution is 2.48. The van der Waals surface area contributed by atoms with E-state index in [9.17, 15) is 20.2 Å². The van der Waals surface area contributed by atoms with Crippen molar-refractivity contribution in [1.82, 2.24) is 0 Å². The Hall–Kier alpha value is -3.52. The minimum absolute atomic E-state index is 0. The van der Waals surface area contributed by atoms with Crippen LogP contribution in [0, 0.1) is 20.2 Å². The number of hydrogen-bond donors (Lipinski definition) is 0. The number of non-ortho nitro benzene ring substituents is 2. The second kappa shape index (κ2) is 8.36. The highest BCUT2D eigenvalue weighted by Gasteiger charge is 2.44. The van der Waals surface area contributed by atoms with E-state index in [0.717, 1.165) is 33.9 Å². The highest BCUT2D eigenvalue weighted by molar-refractivity contribution is 6.03. The Morgan fingerprint density at radius 2 is 1.47 bits per heavy atom. The van der Waals surface area contributed by atoms with Crippen LogP contribution in [-0.4, -0.2) is 34.2 Å². The van der Waals surface area contributed by atoms with Gasteiger partial charge in [-0.25, -0.2) is 0 Å². The van der Waals surface area contributed by atoms with Crippen molar-refractivity contribution in [2.75, 3.05) is 19.0 Å². The molecule has 0 aromatic heterocycles. The number of anilines is 1. The van der Waals surface area contributed by atoms with Gasteiger partial charge in [0.05, 0.1) is 15.3 Å². The molecule has 4 rings (SSSR count). The van der Waals surface area contributed by atoms with Gasteiger partial charge in [-0.15, -0.1) is 0 Å².